The second kappa shape index (κ2) is 2.45. The standard InChI is InChI=1S/C6H11BO4/c8-7(9)5-3-6(4-5)10-1-2-11-6/h5,8-9H,1-4H2. The molecule has 0 unspecified atom stereocenters. The summed E-state index contributed by atoms with van der Waals surface area (Å²) in [5.74, 6) is -0.512. The fraction of sp³-hybridized carbons (Fsp3) is 1.00. The molecule has 1 aliphatic heterocycles. The highest BCUT2D eigenvalue weighted by atomic mass is 16.7. The van der Waals surface area contributed by atoms with Crippen LogP contribution in [0.5, 0.6) is 0 Å². The molecule has 4 nitrogen and oxygen atoms in total. The lowest BCUT2D eigenvalue weighted by Crippen LogP contribution is -2.47. The van der Waals surface area contributed by atoms with Crippen molar-refractivity contribution in [1.82, 2.24) is 0 Å². The van der Waals surface area contributed by atoms with Gasteiger partial charge in [-0.25, -0.2) is 0 Å². The predicted molar refractivity (Wildman–Crippen MR) is 37.8 cm³/mol. The van der Waals surface area contributed by atoms with Gasteiger partial charge in [-0.2, -0.15) is 0 Å². The molecule has 2 aliphatic rings. The number of ether oxygens (including phenoxy) is 2. The Morgan fingerprint density at radius 1 is 1.18 bits per heavy atom. The van der Waals surface area contributed by atoms with E-state index in [0.717, 1.165) is 0 Å². The van der Waals surface area contributed by atoms with E-state index in [4.69, 9.17) is 19.5 Å². The molecule has 11 heavy (non-hydrogen) atoms. The third kappa shape index (κ3) is 1.18. The van der Waals surface area contributed by atoms with Gasteiger partial charge in [0.2, 0.25) is 0 Å². The Kier molecular flexibility index (Phi) is 1.68. The van der Waals surface area contributed by atoms with Crippen molar-refractivity contribution < 1.29 is 19.5 Å². The van der Waals surface area contributed by atoms with Crippen molar-refractivity contribution in [1.29, 1.82) is 0 Å². The second-order valence-electron chi connectivity index (χ2n) is 3.19. The molecule has 0 aromatic heterocycles. The Hall–Kier alpha value is -0.0951. The summed E-state index contributed by atoms with van der Waals surface area (Å²) in [5, 5.41) is 17.5. The molecule has 1 aliphatic carbocycles. The van der Waals surface area contributed by atoms with Crippen LogP contribution in [0.1, 0.15) is 12.8 Å². The van der Waals surface area contributed by atoms with E-state index < -0.39 is 12.9 Å². The van der Waals surface area contributed by atoms with Crippen LogP contribution < -0.4 is 0 Å². The number of rotatable bonds is 1. The maximum absolute atomic E-state index is 8.76. The summed E-state index contributed by atoms with van der Waals surface area (Å²) in [6.07, 6.45) is 1.23. The smallest absolute Gasteiger partial charge is 0.427 e. The van der Waals surface area contributed by atoms with E-state index in [0.29, 0.717) is 26.1 Å². The quantitative estimate of drug-likeness (QED) is 0.498. The van der Waals surface area contributed by atoms with Crippen molar-refractivity contribution in [2.75, 3.05) is 13.2 Å². The van der Waals surface area contributed by atoms with Gasteiger partial charge in [0.1, 0.15) is 0 Å². The first-order valence-corrected chi connectivity index (χ1v) is 3.86. The summed E-state index contributed by atoms with van der Waals surface area (Å²) < 4.78 is 10.6. The van der Waals surface area contributed by atoms with Gasteiger partial charge in [-0.05, 0) is 0 Å². The highest BCUT2D eigenvalue weighted by Crippen LogP contribution is 2.48. The Bertz CT molecular complexity index is 147. The molecule has 0 radical (unpaired) electrons. The SMILES string of the molecule is OB(O)C1CC2(C1)OCCO2. The topological polar surface area (TPSA) is 58.9 Å². The average molecular weight is 158 g/mol. The monoisotopic (exact) mass is 158 g/mol. The molecular weight excluding hydrogens is 147 g/mol. The lowest BCUT2D eigenvalue weighted by Gasteiger charge is -2.42. The molecule has 0 aromatic carbocycles. The Balaban J connectivity index is 1.86. The molecule has 0 atom stereocenters. The molecule has 1 heterocycles. The Morgan fingerprint density at radius 2 is 1.73 bits per heavy atom. The fourth-order valence-corrected chi connectivity index (χ4v) is 1.68. The first-order valence-electron chi connectivity index (χ1n) is 3.86. The van der Waals surface area contributed by atoms with Gasteiger partial charge < -0.3 is 19.5 Å². The van der Waals surface area contributed by atoms with Crippen LogP contribution in [0.25, 0.3) is 0 Å². The van der Waals surface area contributed by atoms with Crippen LogP contribution in [0.2, 0.25) is 5.82 Å². The van der Waals surface area contributed by atoms with Crippen LogP contribution in [-0.2, 0) is 9.47 Å². The van der Waals surface area contributed by atoms with E-state index in [1.54, 1.807) is 0 Å². The third-order valence-corrected chi connectivity index (χ3v) is 2.38. The summed E-state index contributed by atoms with van der Waals surface area (Å²) in [6, 6.07) is 0. The molecule has 1 saturated carbocycles. The number of hydrogen-bond acceptors (Lipinski definition) is 4. The zero-order valence-corrected chi connectivity index (χ0v) is 6.19. The minimum atomic E-state index is -1.21. The molecule has 2 rings (SSSR count). The maximum Gasteiger partial charge on any atom is 0.455 e. The molecule has 0 amide bonds. The minimum absolute atomic E-state index is 0.0619. The molecule has 0 bridgehead atoms. The summed E-state index contributed by atoms with van der Waals surface area (Å²) in [6.45, 7) is 1.27. The van der Waals surface area contributed by atoms with Gasteiger partial charge in [0.25, 0.3) is 0 Å². The van der Waals surface area contributed by atoms with Crippen molar-refractivity contribution in [2.24, 2.45) is 0 Å². The van der Waals surface area contributed by atoms with Crippen molar-refractivity contribution in [3.8, 4) is 0 Å². The lowest BCUT2D eigenvalue weighted by molar-refractivity contribution is -0.208. The largest absolute Gasteiger partial charge is 0.455 e. The van der Waals surface area contributed by atoms with Crippen LogP contribution in [0.3, 0.4) is 0 Å². The van der Waals surface area contributed by atoms with E-state index in [2.05, 4.69) is 0 Å². The molecular formula is C6H11BO4. The third-order valence-electron chi connectivity index (χ3n) is 2.38. The lowest BCUT2D eigenvalue weighted by atomic mass is 9.58. The van der Waals surface area contributed by atoms with E-state index in [-0.39, 0.29) is 5.82 Å². The van der Waals surface area contributed by atoms with Crippen LogP contribution in [0, 0.1) is 0 Å². The first kappa shape index (κ1) is 7.55. The summed E-state index contributed by atoms with van der Waals surface area (Å²) in [5.41, 5.74) is 0. The Morgan fingerprint density at radius 3 is 2.18 bits per heavy atom. The molecule has 2 fully saturated rings. The maximum atomic E-state index is 8.76. The first-order chi connectivity index (χ1) is 5.22. The van der Waals surface area contributed by atoms with E-state index in [9.17, 15) is 0 Å². The van der Waals surface area contributed by atoms with Crippen LogP contribution in [-0.4, -0.2) is 36.2 Å². The summed E-state index contributed by atoms with van der Waals surface area (Å²) in [4.78, 5) is 0. The van der Waals surface area contributed by atoms with Crippen molar-refractivity contribution in [2.45, 2.75) is 24.4 Å². The molecule has 1 spiro atoms. The summed E-state index contributed by atoms with van der Waals surface area (Å²) in [7, 11) is -1.21. The van der Waals surface area contributed by atoms with Gasteiger partial charge in [-0.3, -0.25) is 0 Å². The molecule has 1 saturated heterocycles. The average Bonchev–Trinajstić information content (AvgIpc) is 2.29. The van der Waals surface area contributed by atoms with Gasteiger partial charge in [0, 0.05) is 18.7 Å². The zero-order valence-electron chi connectivity index (χ0n) is 6.19. The van der Waals surface area contributed by atoms with Gasteiger partial charge >= 0.3 is 7.12 Å². The molecule has 2 N–H and O–H groups in total. The van der Waals surface area contributed by atoms with Gasteiger partial charge in [-0.1, -0.05) is 0 Å². The Labute approximate surface area is 65.3 Å². The van der Waals surface area contributed by atoms with Gasteiger partial charge in [-0.15, -0.1) is 0 Å². The molecule has 5 heteroatoms. The van der Waals surface area contributed by atoms with Gasteiger partial charge in [0.05, 0.1) is 13.2 Å². The normalized spacial score (nSPS) is 28.9. The highest BCUT2D eigenvalue weighted by Gasteiger charge is 2.52. The van der Waals surface area contributed by atoms with Crippen LogP contribution in [0.15, 0.2) is 0 Å². The van der Waals surface area contributed by atoms with Gasteiger partial charge in [0.15, 0.2) is 5.79 Å². The molecule has 62 valence electrons. The van der Waals surface area contributed by atoms with E-state index in [1.807, 2.05) is 0 Å². The van der Waals surface area contributed by atoms with Crippen LogP contribution >= 0.6 is 0 Å². The van der Waals surface area contributed by atoms with E-state index in [1.165, 1.54) is 0 Å². The molecule has 0 aromatic rings. The van der Waals surface area contributed by atoms with Crippen molar-refractivity contribution in [3.05, 3.63) is 0 Å². The van der Waals surface area contributed by atoms with Crippen molar-refractivity contribution >= 4 is 7.12 Å². The van der Waals surface area contributed by atoms with Crippen LogP contribution in [0.4, 0.5) is 0 Å². The predicted octanol–water partition coefficient (Wildman–Crippen LogP) is -0.634. The van der Waals surface area contributed by atoms with Crippen molar-refractivity contribution in [3.63, 3.8) is 0 Å². The van der Waals surface area contributed by atoms with E-state index >= 15 is 0 Å². The highest BCUT2D eigenvalue weighted by molar-refractivity contribution is 6.43. The summed E-state index contributed by atoms with van der Waals surface area (Å²) >= 11 is 0. The minimum Gasteiger partial charge on any atom is -0.427 e. The number of hydrogen-bond donors (Lipinski definition) is 2. The second-order valence-corrected chi connectivity index (χ2v) is 3.19. The fourth-order valence-electron chi connectivity index (χ4n) is 1.68. The zero-order chi connectivity index (χ0) is 7.90.